The highest BCUT2D eigenvalue weighted by molar-refractivity contribution is 6.51. The number of carbonyl (C=O) groups excluding carboxylic acids is 2. The maximum atomic E-state index is 13.0. The summed E-state index contributed by atoms with van der Waals surface area (Å²) in [5, 5.41) is 20.8. The summed E-state index contributed by atoms with van der Waals surface area (Å²) >= 11 is 0. The average molecular weight is 415 g/mol. The van der Waals surface area contributed by atoms with Crippen LogP contribution in [0, 0.1) is 0 Å². The molecule has 4 rings (SSSR count). The van der Waals surface area contributed by atoms with Gasteiger partial charge in [0, 0.05) is 11.3 Å². The van der Waals surface area contributed by atoms with Crippen LogP contribution in [-0.4, -0.2) is 28.5 Å². The number of ether oxygens (including phenoxy) is 1. The number of ketones is 1. The molecular weight excluding hydrogens is 394 g/mol. The largest absolute Gasteiger partial charge is 0.508 e. The molecule has 1 atom stereocenters. The number of phenols is 1. The van der Waals surface area contributed by atoms with Crippen molar-refractivity contribution in [2.24, 2.45) is 0 Å². The van der Waals surface area contributed by atoms with Crippen LogP contribution in [-0.2, 0) is 9.59 Å². The Morgan fingerprint density at radius 3 is 2.19 bits per heavy atom. The summed E-state index contributed by atoms with van der Waals surface area (Å²) in [5.41, 5.74) is 1.52. The summed E-state index contributed by atoms with van der Waals surface area (Å²) in [6, 6.07) is 20.9. The Hall–Kier alpha value is -4.06. The van der Waals surface area contributed by atoms with Crippen LogP contribution in [0.2, 0.25) is 0 Å². The Kier molecular flexibility index (Phi) is 5.45. The summed E-state index contributed by atoms with van der Waals surface area (Å²) in [7, 11) is 0. The molecule has 2 N–H and O–H groups in total. The first-order valence-corrected chi connectivity index (χ1v) is 9.89. The fourth-order valence-corrected chi connectivity index (χ4v) is 3.69. The molecule has 0 saturated carbocycles. The maximum absolute atomic E-state index is 13.0. The molecule has 0 aromatic heterocycles. The van der Waals surface area contributed by atoms with Crippen molar-refractivity contribution in [1.82, 2.24) is 0 Å². The van der Waals surface area contributed by atoms with Gasteiger partial charge < -0.3 is 14.9 Å². The van der Waals surface area contributed by atoms with Crippen LogP contribution in [0.15, 0.2) is 84.4 Å². The number of benzene rings is 3. The summed E-state index contributed by atoms with van der Waals surface area (Å²) in [4.78, 5) is 27.4. The molecule has 156 valence electrons. The number of carbonyl (C=O) groups is 2. The minimum Gasteiger partial charge on any atom is -0.508 e. The van der Waals surface area contributed by atoms with E-state index in [1.807, 2.05) is 13.0 Å². The van der Waals surface area contributed by atoms with E-state index in [9.17, 15) is 19.8 Å². The Morgan fingerprint density at radius 1 is 0.935 bits per heavy atom. The predicted octanol–water partition coefficient (Wildman–Crippen LogP) is 4.42. The van der Waals surface area contributed by atoms with Crippen LogP contribution in [0.25, 0.3) is 5.76 Å². The SMILES string of the molecule is CCOc1ccc(/C(O)=C2/C(=O)C(=O)N(c3ccccc3)C2c2ccc(O)cc2)cc1. The fourth-order valence-electron chi connectivity index (χ4n) is 3.69. The maximum Gasteiger partial charge on any atom is 0.300 e. The number of anilines is 1. The molecule has 31 heavy (non-hydrogen) atoms. The third-order valence-electron chi connectivity index (χ3n) is 5.13. The molecule has 0 bridgehead atoms. The molecule has 0 aliphatic carbocycles. The molecule has 1 unspecified atom stereocenters. The predicted molar refractivity (Wildman–Crippen MR) is 117 cm³/mol. The van der Waals surface area contributed by atoms with Crippen LogP contribution in [0.3, 0.4) is 0 Å². The molecule has 1 aliphatic rings. The highest BCUT2D eigenvalue weighted by atomic mass is 16.5. The minimum absolute atomic E-state index is 0.0105. The lowest BCUT2D eigenvalue weighted by molar-refractivity contribution is -0.132. The van der Waals surface area contributed by atoms with Crippen LogP contribution in [0.4, 0.5) is 5.69 Å². The van der Waals surface area contributed by atoms with Gasteiger partial charge >= 0.3 is 0 Å². The van der Waals surface area contributed by atoms with Crippen molar-refractivity contribution < 1.29 is 24.5 Å². The summed E-state index contributed by atoms with van der Waals surface area (Å²) in [5.74, 6) is -1.06. The number of rotatable bonds is 5. The second-order valence-electron chi connectivity index (χ2n) is 7.05. The minimum atomic E-state index is -0.838. The molecule has 1 aliphatic heterocycles. The lowest BCUT2D eigenvalue weighted by atomic mass is 9.95. The Labute approximate surface area is 179 Å². The van der Waals surface area contributed by atoms with Gasteiger partial charge in [0.2, 0.25) is 0 Å². The highest BCUT2D eigenvalue weighted by Gasteiger charge is 2.46. The number of Topliss-reactive ketones (excluding diaryl/α,β-unsaturated/α-hetero) is 1. The van der Waals surface area contributed by atoms with Gasteiger partial charge in [0.25, 0.3) is 11.7 Å². The van der Waals surface area contributed by atoms with Gasteiger partial charge in [0.1, 0.15) is 17.3 Å². The van der Waals surface area contributed by atoms with E-state index in [4.69, 9.17) is 4.74 Å². The molecule has 1 heterocycles. The van der Waals surface area contributed by atoms with Gasteiger partial charge in [-0.05, 0) is 61.0 Å². The van der Waals surface area contributed by atoms with E-state index in [2.05, 4.69) is 0 Å². The van der Waals surface area contributed by atoms with E-state index >= 15 is 0 Å². The normalized spacial score (nSPS) is 17.7. The van der Waals surface area contributed by atoms with Crippen molar-refractivity contribution in [3.63, 3.8) is 0 Å². The van der Waals surface area contributed by atoms with Crippen molar-refractivity contribution in [1.29, 1.82) is 0 Å². The topological polar surface area (TPSA) is 87.1 Å². The molecule has 6 nitrogen and oxygen atoms in total. The molecular formula is C25H21NO5. The lowest BCUT2D eigenvalue weighted by Crippen LogP contribution is -2.29. The Bertz CT molecular complexity index is 1130. The van der Waals surface area contributed by atoms with Crippen LogP contribution in [0.1, 0.15) is 24.1 Å². The number of hydrogen-bond donors (Lipinski definition) is 2. The van der Waals surface area contributed by atoms with E-state index < -0.39 is 17.7 Å². The lowest BCUT2D eigenvalue weighted by Gasteiger charge is -2.25. The smallest absolute Gasteiger partial charge is 0.300 e. The summed E-state index contributed by atoms with van der Waals surface area (Å²) in [6.07, 6.45) is 0. The van der Waals surface area contributed by atoms with Gasteiger partial charge in [-0.1, -0.05) is 30.3 Å². The Balaban J connectivity index is 1.88. The van der Waals surface area contributed by atoms with Crippen LogP contribution in [0.5, 0.6) is 11.5 Å². The van der Waals surface area contributed by atoms with Gasteiger partial charge in [0.05, 0.1) is 18.2 Å². The van der Waals surface area contributed by atoms with E-state index in [-0.39, 0.29) is 17.1 Å². The first-order valence-electron chi connectivity index (χ1n) is 9.89. The Morgan fingerprint density at radius 2 is 1.58 bits per heavy atom. The summed E-state index contributed by atoms with van der Waals surface area (Å²) < 4.78 is 5.43. The van der Waals surface area contributed by atoms with Crippen molar-refractivity contribution in [2.45, 2.75) is 13.0 Å². The summed E-state index contributed by atoms with van der Waals surface area (Å²) in [6.45, 7) is 2.38. The van der Waals surface area contributed by atoms with Gasteiger partial charge in [-0.2, -0.15) is 0 Å². The first kappa shape index (κ1) is 20.2. The van der Waals surface area contributed by atoms with Crippen molar-refractivity contribution in [3.8, 4) is 11.5 Å². The number of para-hydroxylation sites is 1. The third kappa shape index (κ3) is 3.75. The van der Waals surface area contributed by atoms with Crippen molar-refractivity contribution >= 4 is 23.1 Å². The van der Waals surface area contributed by atoms with E-state index in [1.54, 1.807) is 60.7 Å². The van der Waals surface area contributed by atoms with Crippen molar-refractivity contribution in [3.05, 3.63) is 95.6 Å². The second kappa shape index (κ2) is 8.36. The zero-order valence-corrected chi connectivity index (χ0v) is 16.9. The molecule has 1 fully saturated rings. The molecule has 6 heteroatoms. The molecule has 1 amide bonds. The second-order valence-corrected chi connectivity index (χ2v) is 7.05. The average Bonchev–Trinajstić information content (AvgIpc) is 3.06. The van der Waals surface area contributed by atoms with E-state index in [0.29, 0.717) is 29.2 Å². The molecule has 0 radical (unpaired) electrons. The van der Waals surface area contributed by atoms with Crippen molar-refractivity contribution in [2.75, 3.05) is 11.5 Å². The number of amides is 1. The number of aliphatic hydroxyl groups excluding tert-OH is 1. The van der Waals surface area contributed by atoms with Gasteiger partial charge in [-0.15, -0.1) is 0 Å². The quantitative estimate of drug-likeness (QED) is 0.366. The van der Waals surface area contributed by atoms with Gasteiger partial charge in [-0.25, -0.2) is 0 Å². The van der Waals surface area contributed by atoms with E-state index in [0.717, 1.165) is 0 Å². The first-order chi connectivity index (χ1) is 15.0. The zero-order valence-electron chi connectivity index (χ0n) is 16.9. The third-order valence-corrected chi connectivity index (χ3v) is 5.13. The number of aliphatic hydroxyl groups is 1. The fraction of sp³-hybridized carbons (Fsp3) is 0.120. The van der Waals surface area contributed by atoms with Crippen LogP contribution >= 0.6 is 0 Å². The number of hydrogen-bond acceptors (Lipinski definition) is 5. The van der Waals surface area contributed by atoms with Gasteiger partial charge in [-0.3, -0.25) is 14.5 Å². The molecule has 1 saturated heterocycles. The van der Waals surface area contributed by atoms with Crippen LogP contribution < -0.4 is 9.64 Å². The van der Waals surface area contributed by atoms with Gasteiger partial charge in [0.15, 0.2) is 0 Å². The molecule has 0 spiro atoms. The molecule has 3 aromatic carbocycles. The molecule has 3 aromatic rings. The highest BCUT2D eigenvalue weighted by Crippen LogP contribution is 2.42. The number of phenolic OH excluding ortho intramolecular Hbond substituents is 1. The monoisotopic (exact) mass is 415 g/mol. The van der Waals surface area contributed by atoms with E-state index in [1.165, 1.54) is 17.0 Å². The number of nitrogens with zero attached hydrogens (tertiary/aromatic N) is 1. The zero-order chi connectivity index (χ0) is 22.0. The number of aromatic hydroxyl groups is 1. The standard InChI is InChI=1S/C25H21NO5/c1-2-31-20-14-10-17(11-15-20)23(28)21-22(16-8-12-19(27)13-9-16)26(25(30)24(21)29)18-6-4-3-5-7-18/h3-15,22,27-28H,2H2,1H3/b23-21-.